The fourth-order valence-corrected chi connectivity index (χ4v) is 3.85. The summed E-state index contributed by atoms with van der Waals surface area (Å²) in [5.74, 6) is -0.383. The first-order valence-electron chi connectivity index (χ1n) is 7.33. The van der Waals surface area contributed by atoms with Crippen LogP contribution in [0.4, 0.5) is 4.39 Å². The number of benzene rings is 1. The van der Waals surface area contributed by atoms with Crippen molar-refractivity contribution in [1.82, 2.24) is 0 Å². The first-order chi connectivity index (χ1) is 9.69. The van der Waals surface area contributed by atoms with Gasteiger partial charge in [-0.25, -0.2) is 4.39 Å². The van der Waals surface area contributed by atoms with Crippen LogP contribution in [0.3, 0.4) is 0 Å². The Bertz CT molecular complexity index is 525. The van der Waals surface area contributed by atoms with Crippen LogP contribution < -0.4 is 0 Å². The summed E-state index contributed by atoms with van der Waals surface area (Å²) >= 11 is 0. The van der Waals surface area contributed by atoms with Gasteiger partial charge in [0, 0.05) is 11.3 Å². The standard InChI is InChI=1S/C16H20FNO2/c17-13-7-2-1-6-12(13)16(9-4-10-16)15(19)11-5-3-8-14(11)18-20/h1-2,6-7,11,15,19-20H,3-5,8-10H2/t11-,15?/m1/s1. The molecule has 0 amide bonds. The second-order valence-corrected chi connectivity index (χ2v) is 6.02. The van der Waals surface area contributed by atoms with Gasteiger partial charge in [0.25, 0.3) is 0 Å². The number of aliphatic hydroxyl groups excluding tert-OH is 1. The van der Waals surface area contributed by atoms with Crippen LogP contribution in [0, 0.1) is 11.7 Å². The Morgan fingerprint density at radius 3 is 2.60 bits per heavy atom. The molecule has 2 aliphatic carbocycles. The minimum atomic E-state index is -0.665. The Kier molecular flexibility index (Phi) is 3.50. The van der Waals surface area contributed by atoms with Gasteiger partial charge < -0.3 is 10.3 Å². The third-order valence-corrected chi connectivity index (χ3v) is 5.11. The summed E-state index contributed by atoms with van der Waals surface area (Å²) in [5.41, 5.74) is 0.777. The second kappa shape index (κ2) is 5.17. The van der Waals surface area contributed by atoms with Crippen LogP contribution in [-0.4, -0.2) is 22.1 Å². The van der Waals surface area contributed by atoms with Crippen molar-refractivity contribution in [3.8, 4) is 0 Å². The molecular formula is C16H20FNO2. The molecule has 0 aliphatic heterocycles. The number of rotatable bonds is 3. The van der Waals surface area contributed by atoms with Crippen molar-refractivity contribution < 1.29 is 14.7 Å². The van der Waals surface area contributed by atoms with Crippen molar-refractivity contribution in [2.75, 3.05) is 0 Å². The molecule has 2 aliphatic rings. The molecule has 0 bridgehead atoms. The van der Waals surface area contributed by atoms with Crippen LogP contribution in [0.25, 0.3) is 0 Å². The molecule has 0 saturated heterocycles. The summed E-state index contributed by atoms with van der Waals surface area (Å²) in [6.45, 7) is 0. The largest absolute Gasteiger partial charge is 0.411 e. The van der Waals surface area contributed by atoms with Gasteiger partial charge >= 0.3 is 0 Å². The maximum atomic E-state index is 14.1. The molecule has 3 rings (SSSR count). The van der Waals surface area contributed by atoms with Gasteiger partial charge in [-0.05, 0) is 43.7 Å². The summed E-state index contributed by atoms with van der Waals surface area (Å²) in [5, 5.41) is 23.3. The summed E-state index contributed by atoms with van der Waals surface area (Å²) in [6, 6.07) is 6.73. The zero-order chi connectivity index (χ0) is 14.2. The van der Waals surface area contributed by atoms with Crippen LogP contribution >= 0.6 is 0 Å². The van der Waals surface area contributed by atoms with Crippen LogP contribution in [0.1, 0.15) is 44.1 Å². The minimum absolute atomic E-state index is 0.139. The Balaban J connectivity index is 1.95. The Morgan fingerprint density at radius 1 is 1.25 bits per heavy atom. The van der Waals surface area contributed by atoms with Crippen LogP contribution in [0.5, 0.6) is 0 Å². The highest BCUT2D eigenvalue weighted by Gasteiger charge is 2.50. The van der Waals surface area contributed by atoms with Crippen molar-refractivity contribution >= 4 is 5.71 Å². The molecule has 20 heavy (non-hydrogen) atoms. The van der Waals surface area contributed by atoms with Crippen LogP contribution in [0.2, 0.25) is 0 Å². The lowest BCUT2D eigenvalue weighted by Gasteiger charge is -2.48. The van der Waals surface area contributed by atoms with E-state index in [0.29, 0.717) is 11.3 Å². The lowest BCUT2D eigenvalue weighted by molar-refractivity contribution is 0.00218. The highest BCUT2D eigenvalue weighted by atomic mass is 19.1. The van der Waals surface area contributed by atoms with E-state index in [-0.39, 0.29) is 11.7 Å². The highest BCUT2D eigenvalue weighted by Crippen LogP contribution is 2.50. The number of hydrogen-bond donors (Lipinski definition) is 2. The van der Waals surface area contributed by atoms with E-state index in [0.717, 1.165) is 38.5 Å². The van der Waals surface area contributed by atoms with Crippen molar-refractivity contribution in [3.05, 3.63) is 35.6 Å². The summed E-state index contributed by atoms with van der Waals surface area (Å²) in [4.78, 5) is 0. The first-order valence-corrected chi connectivity index (χ1v) is 7.33. The zero-order valence-corrected chi connectivity index (χ0v) is 11.4. The fourth-order valence-electron chi connectivity index (χ4n) is 3.85. The van der Waals surface area contributed by atoms with E-state index in [4.69, 9.17) is 5.21 Å². The summed E-state index contributed by atoms with van der Waals surface area (Å²) in [7, 11) is 0. The van der Waals surface area contributed by atoms with Crippen LogP contribution in [-0.2, 0) is 5.41 Å². The topological polar surface area (TPSA) is 52.8 Å². The molecule has 0 radical (unpaired) electrons. The number of oxime groups is 1. The van der Waals surface area contributed by atoms with E-state index in [1.807, 2.05) is 6.07 Å². The molecule has 2 saturated carbocycles. The maximum absolute atomic E-state index is 14.1. The van der Waals surface area contributed by atoms with Gasteiger partial charge in [-0.15, -0.1) is 0 Å². The molecule has 2 atom stereocenters. The molecular weight excluding hydrogens is 257 g/mol. The Morgan fingerprint density at radius 2 is 2.00 bits per heavy atom. The molecule has 2 fully saturated rings. The molecule has 0 heterocycles. The first kappa shape index (κ1) is 13.6. The van der Waals surface area contributed by atoms with E-state index >= 15 is 0 Å². The highest BCUT2D eigenvalue weighted by molar-refractivity contribution is 5.88. The molecule has 1 aromatic carbocycles. The number of halogens is 1. The van der Waals surface area contributed by atoms with Gasteiger partial charge in [0.1, 0.15) is 5.82 Å². The lowest BCUT2D eigenvalue weighted by Crippen LogP contribution is -2.50. The molecule has 1 unspecified atom stereocenters. The molecule has 4 heteroatoms. The quantitative estimate of drug-likeness (QED) is 0.658. The van der Waals surface area contributed by atoms with Crippen molar-refractivity contribution in [2.24, 2.45) is 11.1 Å². The average Bonchev–Trinajstić information content (AvgIpc) is 2.87. The zero-order valence-electron chi connectivity index (χ0n) is 11.4. The van der Waals surface area contributed by atoms with Gasteiger partial charge in [0.05, 0.1) is 11.8 Å². The fraction of sp³-hybridized carbons (Fsp3) is 0.562. The van der Waals surface area contributed by atoms with Crippen molar-refractivity contribution in [1.29, 1.82) is 0 Å². The number of nitrogens with zero attached hydrogens (tertiary/aromatic N) is 1. The van der Waals surface area contributed by atoms with Crippen molar-refractivity contribution in [2.45, 2.75) is 50.0 Å². The Labute approximate surface area is 118 Å². The smallest absolute Gasteiger partial charge is 0.127 e. The molecule has 0 aromatic heterocycles. The van der Waals surface area contributed by atoms with E-state index < -0.39 is 11.5 Å². The predicted octanol–water partition coefficient (Wildman–Crippen LogP) is 3.24. The van der Waals surface area contributed by atoms with Gasteiger partial charge in [0.2, 0.25) is 0 Å². The average molecular weight is 277 g/mol. The van der Waals surface area contributed by atoms with E-state index in [2.05, 4.69) is 5.16 Å². The number of aliphatic hydroxyl groups is 1. The Hall–Kier alpha value is -1.42. The molecule has 1 aromatic rings. The lowest BCUT2D eigenvalue weighted by atomic mass is 9.58. The van der Waals surface area contributed by atoms with Gasteiger partial charge in [-0.3, -0.25) is 0 Å². The van der Waals surface area contributed by atoms with E-state index in [1.54, 1.807) is 12.1 Å². The van der Waals surface area contributed by atoms with E-state index in [1.165, 1.54) is 6.07 Å². The predicted molar refractivity (Wildman–Crippen MR) is 74.5 cm³/mol. The monoisotopic (exact) mass is 277 g/mol. The summed E-state index contributed by atoms with van der Waals surface area (Å²) in [6.07, 6.45) is 4.40. The minimum Gasteiger partial charge on any atom is -0.411 e. The van der Waals surface area contributed by atoms with Gasteiger partial charge in [-0.1, -0.05) is 29.8 Å². The SMILES string of the molecule is ON=C1CCC[C@H]1C(O)C1(c2ccccc2F)CCC1. The molecule has 0 spiro atoms. The van der Waals surface area contributed by atoms with Crippen LogP contribution in [0.15, 0.2) is 29.4 Å². The molecule has 108 valence electrons. The van der Waals surface area contributed by atoms with Gasteiger partial charge in [0.15, 0.2) is 0 Å². The molecule has 2 N–H and O–H groups in total. The maximum Gasteiger partial charge on any atom is 0.127 e. The normalized spacial score (nSPS) is 28.3. The summed E-state index contributed by atoms with van der Waals surface area (Å²) < 4.78 is 14.1. The second-order valence-electron chi connectivity index (χ2n) is 6.02. The van der Waals surface area contributed by atoms with E-state index in [9.17, 15) is 9.50 Å². The third kappa shape index (κ3) is 1.94. The van der Waals surface area contributed by atoms with Gasteiger partial charge in [-0.2, -0.15) is 0 Å². The number of hydrogen-bond acceptors (Lipinski definition) is 3. The van der Waals surface area contributed by atoms with Crippen molar-refractivity contribution in [3.63, 3.8) is 0 Å². The third-order valence-electron chi connectivity index (χ3n) is 5.11. The molecule has 3 nitrogen and oxygen atoms in total.